The summed E-state index contributed by atoms with van der Waals surface area (Å²) in [5, 5.41) is 0. The predicted octanol–water partition coefficient (Wildman–Crippen LogP) is 3.53. The van der Waals surface area contributed by atoms with Crippen LogP contribution in [-0.2, 0) is 4.74 Å². The highest BCUT2D eigenvalue weighted by atomic mass is 16.5. The van der Waals surface area contributed by atoms with Crippen molar-refractivity contribution in [3.63, 3.8) is 0 Å². The van der Waals surface area contributed by atoms with Crippen LogP contribution >= 0.6 is 0 Å². The van der Waals surface area contributed by atoms with Crippen LogP contribution in [0.3, 0.4) is 0 Å². The summed E-state index contributed by atoms with van der Waals surface area (Å²) >= 11 is 0. The van der Waals surface area contributed by atoms with Crippen LogP contribution in [0.1, 0.15) is 77.6 Å². The first kappa shape index (κ1) is 15.3. The van der Waals surface area contributed by atoms with Crippen molar-refractivity contribution in [1.82, 2.24) is 5.43 Å². The lowest BCUT2D eigenvalue weighted by Gasteiger charge is -2.44. The number of nitrogens with two attached hydrogens (primary N) is 1. The molecule has 2 aliphatic rings. The highest BCUT2D eigenvalue weighted by Gasteiger charge is 2.41. The smallest absolute Gasteiger partial charge is 0.0848 e. The van der Waals surface area contributed by atoms with Gasteiger partial charge < -0.3 is 4.74 Å². The second-order valence-electron chi connectivity index (χ2n) is 6.52. The number of hydrazine groups is 1. The van der Waals surface area contributed by atoms with E-state index in [4.69, 9.17) is 10.6 Å². The van der Waals surface area contributed by atoms with Gasteiger partial charge in [0.15, 0.2) is 0 Å². The Hall–Kier alpha value is -0.120. The lowest BCUT2D eigenvalue weighted by molar-refractivity contribution is -0.0950. The highest BCUT2D eigenvalue weighted by molar-refractivity contribution is 4.96. The third kappa shape index (κ3) is 3.93. The maximum Gasteiger partial charge on any atom is 0.0848 e. The summed E-state index contributed by atoms with van der Waals surface area (Å²) in [6.07, 6.45) is 14.5. The molecule has 0 aromatic heterocycles. The van der Waals surface area contributed by atoms with Gasteiger partial charge in [-0.1, -0.05) is 51.4 Å². The normalized spacial score (nSPS) is 26.2. The summed E-state index contributed by atoms with van der Waals surface area (Å²) in [5.74, 6) is 6.76. The molecule has 0 radical (unpaired) electrons. The molecule has 19 heavy (non-hydrogen) atoms. The minimum Gasteiger partial charge on any atom is -0.374 e. The van der Waals surface area contributed by atoms with E-state index in [1.54, 1.807) is 0 Å². The van der Waals surface area contributed by atoms with Gasteiger partial charge in [0.25, 0.3) is 0 Å². The number of ether oxygens (including phenoxy) is 1. The first-order valence-corrected chi connectivity index (χ1v) is 8.41. The van der Waals surface area contributed by atoms with Gasteiger partial charge in [-0.3, -0.25) is 11.3 Å². The van der Waals surface area contributed by atoms with Crippen LogP contribution in [-0.4, -0.2) is 18.2 Å². The molecule has 0 saturated heterocycles. The molecular weight excluding hydrogens is 236 g/mol. The topological polar surface area (TPSA) is 47.3 Å². The van der Waals surface area contributed by atoms with Crippen LogP contribution in [0.5, 0.6) is 0 Å². The van der Waals surface area contributed by atoms with Crippen molar-refractivity contribution in [1.29, 1.82) is 0 Å². The van der Waals surface area contributed by atoms with Gasteiger partial charge in [-0.05, 0) is 32.1 Å². The van der Waals surface area contributed by atoms with Crippen molar-refractivity contribution < 1.29 is 4.74 Å². The van der Waals surface area contributed by atoms with Crippen LogP contribution in [0.25, 0.3) is 0 Å². The first-order chi connectivity index (χ1) is 9.30. The van der Waals surface area contributed by atoms with Crippen molar-refractivity contribution in [3.05, 3.63) is 0 Å². The Balaban J connectivity index is 1.98. The number of nitrogens with one attached hydrogen (secondary N) is 1. The van der Waals surface area contributed by atoms with Gasteiger partial charge in [-0.15, -0.1) is 0 Å². The number of hydrogen-bond acceptors (Lipinski definition) is 3. The van der Waals surface area contributed by atoms with Crippen molar-refractivity contribution in [2.45, 2.75) is 89.2 Å². The molecule has 112 valence electrons. The fraction of sp³-hybridized carbons (Fsp3) is 1.00. The average molecular weight is 268 g/mol. The van der Waals surface area contributed by atoms with Crippen LogP contribution in [0, 0.1) is 5.92 Å². The molecule has 0 spiro atoms. The lowest BCUT2D eigenvalue weighted by Crippen LogP contribution is -2.56. The summed E-state index contributed by atoms with van der Waals surface area (Å²) in [6, 6.07) is 0.343. The van der Waals surface area contributed by atoms with E-state index in [1.807, 2.05) is 0 Å². The SMILES string of the molecule is CCOC1(C(CC2CCCCC2)NN)CCCCC1. The van der Waals surface area contributed by atoms with E-state index < -0.39 is 0 Å². The van der Waals surface area contributed by atoms with E-state index in [0.717, 1.165) is 12.5 Å². The molecule has 2 rings (SSSR count). The van der Waals surface area contributed by atoms with Gasteiger partial charge in [0.1, 0.15) is 0 Å². The van der Waals surface area contributed by atoms with Crippen molar-refractivity contribution in [3.8, 4) is 0 Å². The molecule has 3 heteroatoms. The van der Waals surface area contributed by atoms with Crippen LogP contribution in [0.4, 0.5) is 0 Å². The third-order valence-electron chi connectivity index (χ3n) is 5.26. The summed E-state index contributed by atoms with van der Waals surface area (Å²) in [5.41, 5.74) is 3.13. The van der Waals surface area contributed by atoms with Gasteiger partial charge in [-0.2, -0.15) is 0 Å². The molecule has 0 amide bonds. The highest BCUT2D eigenvalue weighted by Crippen LogP contribution is 2.38. The van der Waals surface area contributed by atoms with Gasteiger partial charge >= 0.3 is 0 Å². The summed E-state index contributed by atoms with van der Waals surface area (Å²) in [7, 11) is 0. The van der Waals surface area contributed by atoms with E-state index in [2.05, 4.69) is 12.3 Å². The summed E-state index contributed by atoms with van der Waals surface area (Å²) < 4.78 is 6.22. The summed E-state index contributed by atoms with van der Waals surface area (Å²) in [4.78, 5) is 0. The van der Waals surface area contributed by atoms with Crippen molar-refractivity contribution >= 4 is 0 Å². The molecule has 1 unspecified atom stereocenters. The quantitative estimate of drug-likeness (QED) is 0.572. The van der Waals surface area contributed by atoms with Gasteiger partial charge in [0.2, 0.25) is 0 Å². The van der Waals surface area contributed by atoms with E-state index in [1.165, 1.54) is 70.6 Å². The Morgan fingerprint density at radius 3 is 2.32 bits per heavy atom. The molecule has 0 bridgehead atoms. The second kappa shape index (κ2) is 7.61. The van der Waals surface area contributed by atoms with Crippen molar-refractivity contribution in [2.24, 2.45) is 11.8 Å². The standard InChI is InChI=1S/C16H32N2O/c1-2-19-16(11-7-4-8-12-16)15(18-17)13-14-9-5-3-6-10-14/h14-15,18H,2-13,17H2,1H3. The number of rotatable bonds is 6. The third-order valence-corrected chi connectivity index (χ3v) is 5.26. The summed E-state index contributed by atoms with van der Waals surface area (Å²) in [6.45, 7) is 2.92. The molecule has 0 aliphatic heterocycles. The Kier molecular flexibility index (Phi) is 6.11. The maximum absolute atomic E-state index is 6.22. The van der Waals surface area contributed by atoms with Gasteiger partial charge in [-0.25, -0.2) is 0 Å². The fourth-order valence-corrected chi connectivity index (χ4v) is 4.22. The molecule has 0 aromatic rings. The van der Waals surface area contributed by atoms with Gasteiger partial charge in [0.05, 0.1) is 11.6 Å². The Labute approximate surface area is 118 Å². The predicted molar refractivity (Wildman–Crippen MR) is 79.7 cm³/mol. The largest absolute Gasteiger partial charge is 0.374 e. The van der Waals surface area contributed by atoms with Gasteiger partial charge in [0, 0.05) is 6.61 Å². The zero-order valence-electron chi connectivity index (χ0n) is 12.6. The minimum atomic E-state index is 0.0131. The second-order valence-corrected chi connectivity index (χ2v) is 6.52. The lowest BCUT2D eigenvalue weighted by atomic mass is 9.74. The molecule has 0 heterocycles. The molecule has 2 saturated carbocycles. The molecule has 3 nitrogen and oxygen atoms in total. The molecule has 2 aliphatic carbocycles. The molecule has 2 fully saturated rings. The molecular formula is C16H32N2O. The average Bonchev–Trinajstić information content (AvgIpc) is 2.47. The van der Waals surface area contributed by atoms with Crippen LogP contribution in [0.15, 0.2) is 0 Å². The molecule has 1 atom stereocenters. The van der Waals surface area contributed by atoms with Crippen LogP contribution in [0.2, 0.25) is 0 Å². The zero-order chi connectivity index (χ0) is 13.6. The maximum atomic E-state index is 6.22. The van der Waals surface area contributed by atoms with Crippen molar-refractivity contribution in [2.75, 3.05) is 6.61 Å². The molecule has 0 aromatic carbocycles. The van der Waals surface area contributed by atoms with E-state index in [-0.39, 0.29) is 5.60 Å². The van der Waals surface area contributed by atoms with E-state index in [9.17, 15) is 0 Å². The van der Waals surface area contributed by atoms with Crippen LogP contribution < -0.4 is 11.3 Å². The fourth-order valence-electron chi connectivity index (χ4n) is 4.22. The number of hydrogen-bond donors (Lipinski definition) is 2. The molecule has 3 N–H and O–H groups in total. The van der Waals surface area contributed by atoms with E-state index >= 15 is 0 Å². The monoisotopic (exact) mass is 268 g/mol. The first-order valence-electron chi connectivity index (χ1n) is 8.41. The Morgan fingerprint density at radius 2 is 1.74 bits per heavy atom. The zero-order valence-corrected chi connectivity index (χ0v) is 12.6. The Morgan fingerprint density at radius 1 is 1.11 bits per heavy atom. The van der Waals surface area contributed by atoms with E-state index in [0.29, 0.717) is 6.04 Å². The Bertz CT molecular complexity index is 240. The minimum absolute atomic E-state index is 0.0131.